The number of hydroxylamine groups is 2. The standard InChI is InChI=1S/C24H27FN6O9/c1-7-24(11-36-30(6)21(33)35-10-14-13(2)37-22(34)38-14)9-8-15(39-24)31-12-26-16-17(27-19(25)29-18(16)31)28-20(32)40-23(3,4)5/h1,12,15H,8-11H2,2-6H3,(H,27,28,29,32)/t15-,24+/m1/s1. The Morgan fingerprint density at radius 1 is 1.35 bits per heavy atom. The van der Waals surface area contributed by atoms with E-state index >= 15 is 0 Å². The Labute approximate surface area is 226 Å². The van der Waals surface area contributed by atoms with Crippen LogP contribution in [-0.4, -0.2) is 61.6 Å². The van der Waals surface area contributed by atoms with Gasteiger partial charge in [0.1, 0.15) is 18.4 Å². The third-order valence-electron chi connectivity index (χ3n) is 5.65. The SMILES string of the molecule is C#C[C@@]1(CON(C)C(=O)OCc2oc(=O)oc2C)CC[C@H](n2cnc3c(NC(=O)OC(C)(C)C)nc(F)nc32)O1. The second kappa shape index (κ2) is 10.9. The summed E-state index contributed by atoms with van der Waals surface area (Å²) < 4.78 is 41.6. The molecule has 0 unspecified atom stereocenters. The van der Waals surface area contributed by atoms with Crippen molar-refractivity contribution in [2.45, 2.75) is 64.6 Å². The van der Waals surface area contributed by atoms with E-state index in [2.05, 4.69) is 26.2 Å². The molecular formula is C24H27FN6O9. The van der Waals surface area contributed by atoms with Gasteiger partial charge >= 0.3 is 24.1 Å². The van der Waals surface area contributed by atoms with Crippen molar-refractivity contribution in [2.75, 3.05) is 19.0 Å². The summed E-state index contributed by atoms with van der Waals surface area (Å²) in [7, 11) is 1.31. The van der Waals surface area contributed by atoms with E-state index < -0.39 is 41.5 Å². The average Bonchev–Trinajstić information content (AvgIpc) is 3.56. The predicted molar refractivity (Wildman–Crippen MR) is 132 cm³/mol. The molecular weight excluding hydrogens is 535 g/mol. The van der Waals surface area contributed by atoms with Crippen molar-refractivity contribution >= 4 is 29.2 Å². The highest BCUT2D eigenvalue weighted by molar-refractivity contribution is 5.93. The summed E-state index contributed by atoms with van der Waals surface area (Å²) in [6.45, 7) is 5.95. The fraction of sp³-hybridized carbons (Fsp3) is 0.500. The van der Waals surface area contributed by atoms with Crippen LogP contribution in [0.4, 0.5) is 19.8 Å². The topological polar surface area (TPSA) is 173 Å². The molecule has 0 radical (unpaired) electrons. The van der Waals surface area contributed by atoms with E-state index in [0.29, 0.717) is 12.8 Å². The van der Waals surface area contributed by atoms with Crippen LogP contribution in [0.1, 0.15) is 51.4 Å². The second-order valence-electron chi connectivity index (χ2n) is 9.80. The zero-order valence-electron chi connectivity index (χ0n) is 22.3. The van der Waals surface area contributed by atoms with Gasteiger partial charge in [0.2, 0.25) is 0 Å². The molecule has 16 heteroatoms. The van der Waals surface area contributed by atoms with Crippen molar-refractivity contribution in [3.05, 3.63) is 34.5 Å². The van der Waals surface area contributed by atoms with Crippen LogP contribution in [0.2, 0.25) is 0 Å². The molecule has 1 N–H and O–H groups in total. The van der Waals surface area contributed by atoms with Crippen molar-refractivity contribution < 1.29 is 41.9 Å². The third kappa shape index (κ3) is 6.38. The maximum atomic E-state index is 14.3. The quantitative estimate of drug-likeness (QED) is 0.254. The number of nitrogens with one attached hydrogen (secondary N) is 1. The molecule has 2 amide bonds. The number of imidazole rings is 1. The number of carbonyl (C=O) groups excluding carboxylic acids is 2. The van der Waals surface area contributed by atoms with Gasteiger partial charge in [-0.1, -0.05) is 5.92 Å². The minimum atomic E-state index is -1.26. The van der Waals surface area contributed by atoms with E-state index in [1.165, 1.54) is 24.9 Å². The molecule has 0 bridgehead atoms. The Bertz CT molecular complexity index is 1520. The number of terminal acetylenes is 1. The lowest BCUT2D eigenvalue weighted by molar-refractivity contribution is -0.171. The largest absolute Gasteiger partial charge is 0.519 e. The highest BCUT2D eigenvalue weighted by Crippen LogP contribution is 2.38. The number of aryl methyl sites for hydroxylation is 1. The van der Waals surface area contributed by atoms with Crippen molar-refractivity contribution in [1.29, 1.82) is 0 Å². The van der Waals surface area contributed by atoms with Gasteiger partial charge in [-0.2, -0.15) is 19.4 Å². The van der Waals surface area contributed by atoms with Crippen LogP contribution in [0.3, 0.4) is 0 Å². The molecule has 2 atom stereocenters. The summed E-state index contributed by atoms with van der Waals surface area (Å²) in [6.07, 6.45) is 4.24. The first kappa shape index (κ1) is 28.5. The first-order valence-corrected chi connectivity index (χ1v) is 12.0. The van der Waals surface area contributed by atoms with E-state index in [0.717, 1.165) is 5.06 Å². The zero-order chi connectivity index (χ0) is 29.2. The van der Waals surface area contributed by atoms with Gasteiger partial charge in [0, 0.05) is 7.05 Å². The minimum absolute atomic E-state index is 0.0548. The number of anilines is 1. The fourth-order valence-corrected chi connectivity index (χ4v) is 3.75. The maximum absolute atomic E-state index is 14.3. The number of hydrogen-bond acceptors (Lipinski definition) is 12. The fourth-order valence-electron chi connectivity index (χ4n) is 3.75. The highest BCUT2D eigenvalue weighted by atomic mass is 19.1. The maximum Gasteiger partial charge on any atom is 0.519 e. The molecule has 4 heterocycles. The monoisotopic (exact) mass is 562 g/mol. The third-order valence-corrected chi connectivity index (χ3v) is 5.65. The Hall–Kier alpha value is -4.49. The first-order chi connectivity index (χ1) is 18.8. The molecule has 40 heavy (non-hydrogen) atoms. The zero-order valence-corrected chi connectivity index (χ0v) is 22.3. The van der Waals surface area contributed by atoms with Gasteiger partial charge in [0.15, 0.2) is 40.7 Å². The number of nitrogens with zero attached hydrogens (tertiary/aromatic N) is 5. The lowest BCUT2D eigenvalue weighted by Crippen LogP contribution is -2.38. The van der Waals surface area contributed by atoms with Crippen molar-refractivity contribution in [1.82, 2.24) is 24.6 Å². The Kier molecular flexibility index (Phi) is 7.80. The summed E-state index contributed by atoms with van der Waals surface area (Å²) in [5.74, 6) is 1.71. The number of ether oxygens (including phenoxy) is 3. The van der Waals surface area contributed by atoms with Crippen LogP contribution >= 0.6 is 0 Å². The number of halogens is 1. The van der Waals surface area contributed by atoms with Crippen LogP contribution in [-0.2, 0) is 25.7 Å². The number of carbonyl (C=O) groups is 2. The summed E-state index contributed by atoms with van der Waals surface area (Å²) in [5, 5.41) is 3.20. The normalized spacial score (nSPS) is 18.9. The molecule has 3 aromatic rings. The van der Waals surface area contributed by atoms with Crippen LogP contribution in [0.15, 0.2) is 20.0 Å². The van der Waals surface area contributed by atoms with E-state index in [-0.39, 0.29) is 41.7 Å². The predicted octanol–water partition coefficient (Wildman–Crippen LogP) is 3.05. The number of amides is 2. The number of fused-ring (bicyclic) bond motifs is 1. The van der Waals surface area contributed by atoms with Gasteiger partial charge in [0.25, 0.3) is 0 Å². The van der Waals surface area contributed by atoms with Gasteiger partial charge < -0.3 is 23.0 Å². The first-order valence-electron chi connectivity index (χ1n) is 12.0. The molecule has 4 rings (SSSR count). The molecule has 0 aliphatic carbocycles. The van der Waals surface area contributed by atoms with Gasteiger partial charge in [-0.05, 0) is 40.5 Å². The lowest BCUT2D eigenvalue weighted by atomic mass is 10.0. The number of rotatable bonds is 7. The van der Waals surface area contributed by atoms with Gasteiger partial charge in [-0.15, -0.1) is 6.42 Å². The van der Waals surface area contributed by atoms with Gasteiger partial charge in [-0.25, -0.2) is 19.4 Å². The molecule has 0 spiro atoms. The molecule has 1 aliphatic rings. The molecule has 214 valence electrons. The van der Waals surface area contributed by atoms with E-state index in [9.17, 15) is 18.8 Å². The van der Waals surface area contributed by atoms with E-state index in [1.54, 1.807) is 20.8 Å². The Morgan fingerprint density at radius 3 is 2.75 bits per heavy atom. The van der Waals surface area contributed by atoms with Crippen LogP contribution in [0.5, 0.6) is 0 Å². The average molecular weight is 563 g/mol. The van der Waals surface area contributed by atoms with Crippen molar-refractivity contribution in [3.8, 4) is 12.3 Å². The summed E-state index contributed by atoms with van der Waals surface area (Å²) in [6, 6.07) is 0. The summed E-state index contributed by atoms with van der Waals surface area (Å²) >= 11 is 0. The summed E-state index contributed by atoms with van der Waals surface area (Å²) in [5.41, 5.74) is -1.88. The van der Waals surface area contributed by atoms with Gasteiger partial charge in [0.05, 0.1) is 6.33 Å². The lowest BCUT2D eigenvalue weighted by Gasteiger charge is -2.26. The number of hydrogen-bond donors (Lipinski definition) is 1. The minimum Gasteiger partial charge on any atom is -0.444 e. The van der Waals surface area contributed by atoms with E-state index in [4.69, 9.17) is 34.3 Å². The van der Waals surface area contributed by atoms with Crippen LogP contribution in [0, 0.1) is 25.3 Å². The Balaban J connectivity index is 1.41. The molecule has 15 nitrogen and oxygen atoms in total. The van der Waals surface area contributed by atoms with E-state index in [1.807, 2.05) is 0 Å². The Morgan fingerprint density at radius 2 is 2.10 bits per heavy atom. The molecule has 0 saturated carbocycles. The van der Waals surface area contributed by atoms with Crippen molar-refractivity contribution in [2.24, 2.45) is 0 Å². The second-order valence-corrected chi connectivity index (χ2v) is 9.80. The molecule has 1 fully saturated rings. The molecule has 3 aromatic heterocycles. The molecule has 0 aromatic carbocycles. The van der Waals surface area contributed by atoms with Crippen LogP contribution < -0.4 is 11.1 Å². The molecule has 1 saturated heterocycles. The smallest absolute Gasteiger partial charge is 0.444 e. The molecule has 1 aliphatic heterocycles. The van der Waals surface area contributed by atoms with Crippen molar-refractivity contribution in [3.63, 3.8) is 0 Å². The number of aromatic nitrogens is 4. The highest BCUT2D eigenvalue weighted by Gasteiger charge is 2.41. The van der Waals surface area contributed by atoms with Gasteiger partial charge in [-0.3, -0.25) is 14.7 Å². The summed E-state index contributed by atoms with van der Waals surface area (Å²) in [4.78, 5) is 52.7. The van der Waals surface area contributed by atoms with Crippen LogP contribution in [0.25, 0.3) is 11.2 Å².